The van der Waals surface area contributed by atoms with Gasteiger partial charge in [0.25, 0.3) is 0 Å². The summed E-state index contributed by atoms with van der Waals surface area (Å²) >= 11 is 0. The number of aromatic nitrogens is 1. The fourth-order valence-corrected chi connectivity index (χ4v) is 1.31. The molecule has 0 radical (unpaired) electrons. The number of para-hydroxylation sites is 1. The monoisotopic (exact) mass is 159 g/mol. The maximum absolute atomic E-state index is 7.31. The molecule has 0 spiro atoms. The second-order valence-electron chi connectivity index (χ2n) is 2.66. The number of nitrogens with one attached hydrogen (secondary N) is 2. The highest BCUT2D eigenvalue weighted by atomic mass is 14.7. The van der Waals surface area contributed by atoms with Gasteiger partial charge in [-0.15, -0.1) is 0 Å². The van der Waals surface area contributed by atoms with Gasteiger partial charge in [0.1, 0.15) is 5.84 Å². The Morgan fingerprint density at radius 1 is 1.33 bits per heavy atom. The van der Waals surface area contributed by atoms with E-state index in [-0.39, 0.29) is 5.84 Å². The van der Waals surface area contributed by atoms with Crippen LogP contribution in [0.15, 0.2) is 30.5 Å². The van der Waals surface area contributed by atoms with Crippen LogP contribution in [0, 0.1) is 5.41 Å². The molecule has 4 N–H and O–H groups in total. The number of nitrogens with two attached hydrogens (primary N) is 1. The van der Waals surface area contributed by atoms with Crippen LogP contribution in [-0.4, -0.2) is 10.8 Å². The third-order valence-corrected chi connectivity index (χ3v) is 1.88. The molecule has 0 aliphatic carbocycles. The molecule has 0 amide bonds. The van der Waals surface area contributed by atoms with E-state index in [0.29, 0.717) is 0 Å². The lowest BCUT2D eigenvalue weighted by Gasteiger charge is -1.98. The van der Waals surface area contributed by atoms with Crippen LogP contribution in [0.5, 0.6) is 0 Å². The van der Waals surface area contributed by atoms with Crippen molar-refractivity contribution in [2.75, 3.05) is 0 Å². The predicted molar refractivity (Wildman–Crippen MR) is 49.3 cm³/mol. The quantitative estimate of drug-likeness (QED) is 0.428. The first kappa shape index (κ1) is 6.91. The average Bonchev–Trinajstić information content (AvgIpc) is 2.49. The summed E-state index contributed by atoms with van der Waals surface area (Å²) < 4.78 is 0. The summed E-state index contributed by atoms with van der Waals surface area (Å²) in [7, 11) is 0. The van der Waals surface area contributed by atoms with E-state index in [1.807, 2.05) is 30.5 Å². The van der Waals surface area contributed by atoms with Crippen molar-refractivity contribution in [3.05, 3.63) is 36.0 Å². The Morgan fingerprint density at radius 3 is 2.92 bits per heavy atom. The largest absolute Gasteiger partial charge is 0.384 e. The van der Waals surface area contributed by atoms with E-state index in [9.17, 15) is 0 Å². The van der Waals surface area contributed by atoms with E-state index >= 15 is 0 Å². The average molecular weight is 159 g/mol. The minimum atomic E-state index is 0.100. The zero-order valence-electron chi connectivity index (χ0n) is 6.46. The van der Waals surface area contributed by atoms with Gasteiger partial charge in [-0.1, -0.05) is 12.1 Å². The van der Waals surface area contributed by atoms with Crippen LogP contribution in [0.3, 0.4) is 0 Å². The Kier molecular flexibility index (Phi) is 1.37. The molecule has 0 saturated heterocycles. The van der Waals surface area contributed by atoms with Gasteiger partial charge in [0.15, 0.2) is 0 Å². The van der Waals surface area contributed by atoms with E-state index in [1.54, 1.807) is 0 Å². The summed E-state index contributed by atoms with van der Waals surface area (Å²) in [5.41, 5.74) is 7.10. The van der Waals surface area contributed by atoms with E-state index in [1.165, 1.54) is 0 Å². The Balaban J connectivity index is 2.82. The Bertz CT molecular complexity index is 428. The van der Waals surface area contributed by atoms with E-state index < -0.39 is 0 Å². The fourth-order valence-electron chi connectivity index (χ4n) is 1.31. The predicted octanol–water partition coefficient (Wildman–Crippen LogP) is 1.45. The molecular weight excluding hydrogens is 150 g/mol. The number of nitrogen functional groups attached to an aromatic ring is 1. The van der Waals surface area contributed by atoms with E-state index in [0.717, 1.165) is 16.5 Å². The minimum absolute atomic E-state index is 0.100. The van der Waals surface area contributed by atoms with Crippen molar-refractivity contribution in [1.82, 2.24) is 4.98 Å². The van der Waals surface area contributed by atoms with Crippen molar-refractivity contribution in [3.8, 4) is 0 Å². The lowest BCUT2D eigenvalue weighted by atomic mass is 10.1. The third-order valence-electron chi connectivity index (χ3n) is 1.88. The third kappa shape index (κ3) is 0.871. The molecule has 0 atom stereocenters. The second kappa shape index (κ2) is 2.37. The number of benzene rings is 1. The Morgan fingerprint density at radius 2 is 2.17 bits per heavy atom. The highest BCUT2D eigenvalue weighted by Crippen LogP contribution is 2.15. The summed E-state index contributed by atoms with van der Waals surface area (Å²) in [6.45, 7) is 0. The van der Waals surface area contributed by atoms with Crippen molar-refractivity contribution in [1.29, 1.82) is 5.41 Å². The van der Waals surface area contributed by atoms with E-state index in [2.05, 4.69) is 4.98 Å². The molecular formula is C9H9N3. The van der Waals surface area contributed by atoms with Crippen molar-refractivity contribution in [3.63, 3.8) is 0 Å². The van der Waals surface area contributed by atoms with Gasteiger partial charge in [-0.25, -0.2) is 0 Å². The van der Waals surface area contributed by atoms with Crippen molar-refractivity contribution in [2.45, 2.75) is 0 Å². The molecule has 0 bridgehead atoms. The summed E-state index contributed by atoms with van der Waals surface area (Å²) in [6, 6.07) is 7.67. The van der Waals surface area contributed by atoms with Crippen molar-refractivity contribution in [2.24, 2.45) is 5.73 Å². The van der Waals surface area contributed by atoms with Crippen LogP contribution >= 0.6 is 0 Å². The molecule has 1 heterocycles. The molecule has 1 aromatic carbocycles. The zero-order valence-corrected chi connectivity index (χ0v) is 6.46. The van der Waals surface area contributed by atoms with Crippen molar-refractivity contribution < 1.29 is 0 Å². The molecule has 12 heavy (non-hydrogen) atoms. The number of H-pyrrole nitrogens is 1. The molecule has 60 valence electrons. The highest BCUT2D eigenvalue weighted by molar-refractivity contribution is 6.06. The number of amidine groups is 1. The second-order valence-corrected chi connectivity index (χ2v) is 2.66. The Labute approximate surface area is 69.7 Å². The normalized spacial score (nSPS) is 10.3. The van der Waals surface area contributed by atoms with Gasteiger partial charge in [0.2, 0.25) is 0 Å². The molecule has 3 nitrogen and oxygen atoms in total. The van der Waals surface area contributed by atoms with Crippen molar-refractivity contribution >= 4 is 16.7 Å². The number of hydrogen-bond acceptors (Lipinski definition) is 1. The molecule has 0 aliphatic rings. The lowest BCUT2D eigenvalue weighted by molar-refractivity contribution is 1.41. The minimum Gasteiger partial charge on any atom is -0.384 e. The summed E-state index contributed by atoms with van der Waals surface area (Å²) in [5, 5.41) is 8.40. The van der Waals surface area contributed by atoms with Gasteiger partial charge in [-0.2, -0.15) is 0 Å². The number of fused-ring (bicyclic) bond motifs is 1. The van der Waals surface area contributed by atoms with Gasteiger partial charge in [0.05, 0.1) is 5.52 Å². The first-order valence-corrected chi connectivity index (χ1v) is 3.69. The molecule has 0 fully saturated rings. The number of rotatable bonds is 1. The fraction of sp³-hybridized carbons (Fsp3) is 0. The van der Waals surface area contributed by atoms with E-state index in [4.69, 9.17) is 11.1 Å². The zero-order chi connectivity index (χ0) is 8.55. The summed E-state index contributed by atoms with van der Waals surface area (Å²) in [6.07, 6.45) is 1.84. The molecule has 0 saturated carbocycles. The lowest BCUT2D eigenvalue weighted by Crippen LogP contribution is -2.11. The smallest absolute Gasteiger partial charge is 0.124 e. The molecule has 3 heteroatoms. The highest BCUT2D eigenvalue weighted by Gasteiger charge is 2.02. The van der Waals surface area contributed by atoms with Gasteiger partial charge in [-0.3, -0.25) is 5.41 Å². The molecule has 1 aromatic heterocycles. The van der Waals surface area contributed by atoms with Gasteiger partial charge in [-0.05, 0) is 12.1 Å². The van der Waals surface area contributed by atoms with Gasteiger partial charge in [0, 0.05) is 17.1 Å². The van der Waals surface area contributed by atoms with Crippen LogP contribution < -0.4 is 5.73 Å². The maximum atomic E-state index is 7.31. The SMILES string of the molecule is N=C(N)c1cccc2cc[nH]c12. The molecule has 0 unspecified atom stereocenters. The number of hydrogen-bond donors (Lipinski definition) is 3. The van der Waals surface area contributed by atoms with Crippen LogP contribution in [0.4, 0.5) is 0 Å². The standard InChI is InChI=1S/C9H9N3/c10-9(11)7-3-1-2-6-4-5-12-8(6)7/h1-5,12H,(H3,10,11). The summed E-state index contributed by atoms with van der Waals surface area (Å²) in [4.78, 5) is 3.05. The molecule has 2 rings (SSSR count). The topological polar surface area (TPSA) is 65.7 Å². The van der Waals surface area contributed by atoms with Gasteiger partial charge >= 0.3 is 0 Å². The van der Waals surface area contributed by atoms with Crippen LogP contribution in [-0.2, 0) is 0 Å². The Hall–Kier alpha value is -1.77. The molecule has 0 aliphatic heterocycles. The summed E-state index contributed by atoms with van der Waals surface area (Å²) in [5.74, 6) is 0.100. The maximum Gasteiger partial charge on any atom is 0.124 e. The first-order chi connectivity index (χ1) is 5.79. The van der Waals surface area contributed by atoms with Crippen LogP contribution in [0.25, 0.3) is 10.9 Å². The first-order valence-electron chi connectivity index (χ1n) is 3.69. The van der Waals surface area contributed by atoms with Crippen LogP contribution in [0.2, 0.25) is 0 Å². The molecule has 2 aromatic rings. The number of aromatic amines is 1. The van der Waals surface area contributed by atoms with Crippen LogP contribution in [0.1, 0.15) is 5.56 Å². The van der Waals surface area contributed by atoms with Gasteiger partial charge < -0.3 is 10.7 Å².